The zero-order valence-corrected chi connectivity index (χ0v) is 16.8. The topological polar surface area (TPSA) is 46.1 Å². The van der Waals surface area contributed by atoms with Crippen molar-refractivity contribution in [3.05, 3.63) is 59.7 Å². The van der Waals surface area contributed by atoms with E-state index in [0.29, 0.717) is 0 Å². The first-order chi connectivity index (χ1) is 9.21. The molecule has 1 aliphatic carbocycles. The molecule has 3 rings (SSSR count). The van der Waals surface area contributed by atoms with Crippen LogP contribution in [0.25, 0.3) is 0 Å². The van der Waals surface area contributed by atoms with Crippen molar-refractivity contribution in [1.82, 2.24) is 0 Å². The summed E-state index contributed by atoms with van der Waals surface area (Å²) in [5, 5.41) is 22.6. The van der Waals surface area contributed by atoms with Gasteiger partial charge in [0.2, 0.25) is 0 Å². The summed E-state index contributed by atoms with van der Waals surface area (Å²) in [5.74, 6) is 0.0959. The molecule has 0 spiro atoms. The molecule has 0 heterocycles. The van der Waals surface area contributed by atoms with E-state index in [1.165, 1.54) is 24.0 Å². The van der Waals surface area contributed by atoms with Gasteiger partial charge in [0.15, 0.2) is 0 Å². The molecule has 0 saturated heterocycles. The minimum atomic E-state index is -0.0125. The Kier molecular flexibility index (Phi) is 7.32. The molecule has 21 heavy (non-hydrogen) atoms. The minimum Gasteiger partial charge on any atom is -0.872 e. The molecular weight excluding hydrogens is 282 g/mol. The zero-order valence-electron chi connectivity index (χ0n) is 12.8. The molecule has 1 fully saturated rings. The van der Waals surface area contributed by atoms with Crippen LogP contribution in [0.15, 0.2) is 48.5 Å². The van der Waals surface area contributed by atoms with Gasteiger partial charge in [-0.2, -0.15) is 0 Å². The number of benzene rings is 2. The third-order valence-corrected chi connectivity index (χ3v) is 4.27. The smallest absolute Gasteiger partial charge is 0.872 e. The van der Waals surface area contributed by atoms with Gasteiger partial charge in [0.05, 0.1) is 0 Å². The Balaban J connectivity index is 0.00000110. The average molecular weight is 298 g/mol. The van der Waals surface area contributed by atoms with Gasteiger partial charge in [0.1, 0.15) is 0 Å². The molecule has 0 atom stereocenters. The van der Waals surface area contributed by atoms with Gasteiger partial charge in [-0.15, -0.1) is 11.5 Å². The summed E-state index contributed by atoms with van der Waals surface area (Å²) in [6.07, 6.45) is 4.56. The van der Waals surface area contributed by atoms with E-state index >= 15 is 0 Å². The van der Waals surface area contributed by atoms with Gasteiger partial charge in [-0.05, 0) is 24.0 Å². The minimum absolute atomic E-state index is 0. The van der Waals surface area contributed by atoms with Crippen molar-refractivity contribution >= 4 is 0 Å². The van der Waals surface area contributed by atoms with Crippen LogP contribution in [0.3, 0.4) is 0 Å². The van der Waals surface area contributed by atoms with Gasteiger partial charge in [-0.25, -0.2) is 0 Å². The van der Waals surface area contributed by atoms with E-state index in [-0.39, 0.29) is 76.0 Å². The Morgan fingerprint density at radius 1 is 0.619 bits per heavy atom. The SMILES string of the molecule is [Na+].[Na+].[O-]c1ccc(C2(c3ccc([O-])cc3)CCCC2)cc1. The Morgan fingerprint density at radius 2 is 0.952 bits per heavy atom. The molecule has 0 N–H and O–H groups in total. The first-order valence-electron chi connectivity index (χ1n) is 6.76. The van der Waals surface area contributed by atoms with Crippen LogP contribution in [-0.4, -0.2) is 0 Å². The second-order valence-corrected chi connectivity index (χ2v) is 5.34. The molecule has 0 amide bonds. The largest absolute Gasteiger partial charge is 1.00 e. The Morgan fingerprint density at radius 3 is 1.29 bits per heavy atom. The van der Waals surface area contributed by atoms with Crippen LogP contribution < -0.4 is 69.3 Å². The first kappa shape index (κ1) is 19.1. The summed E-state index contributed by atoms with van der Waals surface area (Å²) >= 11 is 0. The van der Waals surface area contributed by atoms with Crippen molar-refractivity contribution in [3.8, 4) is 11.5 Å². The van der Waals surface area contributed by atoms with E-state index in [4.69, 9.17) is 0 Å². The third kappa shape index (κ3) is 3.87. The van der Waals surface area contributed by atoms with E-state index in [2.05, 4.69) is 0 Å². The van der Waals surface area contributed by atoms with E-state index in [9.17, 15) is 10.2 Å². The molecule has 4 heteroatoms. The third-order valence-electron chi connectivity index (χ3n) is 4.27. The second-order valence-electron chi connectivity index (χ2n) is 5.34. The average Bonchev–Trinajstić information content (AvgIpc) is 2.91. The summed E-state index contributed by atoms with van der Waals surface area (Å²) in [4.78, 5) is 0. The first-order valence-corrected chi connectivity index (χ1v) is 6.76. The molecule has 98 valence electrons. The van der Waals surface area contributed by atoms with Crippen molar-refractivity contribution in [2.24, 2.45) is 0 Å². The molecular formula is C17H16Na2O2. The number of rotatable bonds is 2. The van der Waals surface area contributed by atoms with Crippen molar-refractivity contribution in [2.45, 2.75) is 31.1 Å². The van der Waals surface area contributed by atoms with E-state index in [1.807, 2.05) is 24.3 Å². The summed E-state index contributed by atoms with van der Waals surface area (Å²) in [6, 6.07) is 14.3. The summed E-state index contributed by atoms with van der Waals surface area (Å²) in [5.41, 5.74) is 2.38. The van der Waals surface area contributed by atoms with Gasteiger partial charge in [0, 0.05) is 5.41 Å². The molecule has 0 radical (unpaired) electrons. The van der Waals surface area contributed by atoms with Crippen LogP contribution in [-0.2, 0) is 5.41 Å². The second kappa shape index (κ2) is 8.05. The molecule has 1 saturated carbocycles. The van der Waals surface area contributed by atoms with Crippen molar-refractivity contribution in [3.63, 3.8) is 0 Å². The van der Waals surface area contributed by atoms with Crippen LogP contribution in [0.2, 0.25) is 0 Å². The Labute approximate surface area is 170 Å². The number of hydrogen-bond donors (Lipinski definition) is 0. The van der Waals surface area contributed by atoms with Gasteiger partial charge in [-0.3, -0.25) is 0 Å². The van der Waals surface area contributed by atoms with Crippen molar-refractivity contribution < 1.29 is 69.3 Å². The summed E-state index contributed by atoms with van der Waals surface area (Å²) in [7, 11) is 0. The Bertz CT molecular complexity index is 511. The molecule has 0 aliphatic heterocycles. The molecule has 2 aromatic rings. The maximum atomic E-state index is 11.3. The van der Waals surface area contributed by atoms with Gasteiger partial charge >= 0.3 is 59.1 Å². The number of hydrogen-bond acceptors (Lipinski definition) is 2. The zero-order chi connectivity index (χ0) is 13.3. The van der Waals surface area contributed by atoms with E-state index in [1.54, 1.807) is 24.3 Å². The van der Waals surface area contributed by atoms with Gasteiger partial charge in [-0.1, -0.05) is 61.4 Å². The summed E-state index contributed by atoms with van der Waals surface area (Å²) in [6.45, 7) is 0. The quantitative estimate of drug-likeness (QED) is 0.546. The van der Waals surface area contributed by atoms with Crippen LogP contribution in [0.4, 0.5) is 0 Å². The predicted octanol–water partition coefficient (Wildman–Crippen LogP) is -3.30. The normalized spacial score (nSPS) is 15.8. The predicted molar refractivity (Wildman–Crippen MR) is 71.0 cm³/mol. The standard InChI is InChI=1S/C17H18O2.2Na/c18-15-7-3-13(4-8-15)17(11-1-2-12-17)14-5-9-16(19)10-6-14;;/h3-10,18-19H,1-2,11-12H2;;/q;2*+1/p-2. The fourth-order valence-corrected chi connectivity index (χ4v) is 3.27. The maximum Gasteiger partial charge on any atom is 1.00 e. The van der Waals surface area contributed by atoms with E-state index < -0.39 is 0 Å². The van der Waals surface area contributed by atoms with Crippen molar-refractivity contribution in [2.75, 3.05) is 0 Å². The fourth-order valence-electron chi connectivity index (χ4n) is 3.27. The maximum absolute atomic E-state index is 11.3. The van der Waals surface area contributed by atoms with Crippen LogP contribution in [0.1, 0.15) is 36.8 Å². The molecule has 2 nitrogen and oxygen atoms in total. The van der Waals surface area contributed by atoms with E-state index in [0.717, 1.165) is 12.8 Å². The van der Waals surface area contributed by atoms with Crippen LogP contribution in [0, 0.1) is 0 Å². The summed E-state index contributed by atoms with van der Waals surface area (Å²) < 4.78 is 0. The van der Waals surface area contributed by atoms with Crippen molar-refractivity contribution in [1.29, 1.82) is 0 Å². The van der Waals surface area contributed by atoms with Crippen LogP contribution in [0.5, 0.6) is 11.5 Å². The van der Waals surface area contributed by atoms with Crippen LogP contribution >= 0.6 is 0 Å². The monoisotopic (exact) mass is 298 g/mol. The Hall–Kier alpha value is 0.0400. The fraction of sp³-hybridized carbons (Fsp3) is 0.294. The van der Waals surface area contributed by atoms with Gasteiger partial charge < -0.3 is 10.2 Å². The molecule has 2 aromatic carbocycles. The molecule has 0 bridgehead atoms. The molecule has 1 aliphatic rings. The molecule has 0 unspecified atom stereocenters. The molecule has 0 aromatic heterocycles. The van der Waals surface area contributed by atoms with Gasteiger partial charge in [0.25, 0.3) is 0 Å².